The van der Waals surface area contributed by atoms with Crippen LogP contribution in [0.3, 0.4) is 0 Å². The molecule has 1 fully saturated rings. The van der Waals surface area contributed by atoms with E-state index in [9.17, 15) is 4.79 Å². The maximum atomic E-state index is 13.5. The van der Waals surface area contributed by atoms with Crippen LogP contribution in [0.25, 0.3) is 22.3 Å². The fraction of sp³-hybridized carbons (Fsp3) is 0.417. The molecule has 152 valence electrons. The highest BCUT2D eigenvalue weighted by Crippen LogP contribution is 2.31. The predicted molar refractivity (Wildman–Crippen MR) is 117 cm³/mol. The Hall–Kier alpha value is -2.66. The smallest absolute Gasteiger partial charge is 0.261 e. The molecule has 2 aromatic carbocycles. The molecule has 2 atom stereocenters. The summed E-state index contributed by atoms with van der Waals surface area (Å²) in [4.78, 5) is 18.4. The number of nitrogens with zero attached hydrogens (tertiary/aromatic N) is 2. The molecule has 4 rings (SSSR count). The molecule has 2 N–H and O–H groups in total. The summed E-state index contributed by atoms with van der Waals surface area (Å²) in [6, 6.07) is 13.7. The topological polar surface area (TPSA) is 70.1 Å². The Labute approximate surface area is 171 Å². The lowest BCUT2D eigenvalue weighted by atomic mass is 9.81. The zero-order valence-corrected chi connectivity index (χ0v) is 17.2. The van der Waals surface area contributed by atoms with Gasteiger partial charge in [-0.1, -0.05) is 18.1 Å². The fourth-order valence-electron chi connectivity index (χ4n) is 4.50. The van der Waals surface area contributed by atoms with Crippen LogP contribution in [0, 0.1) is 18.8 Å². The van der Waals surface area contributed by atoms with Gasteiger partial charge < -0.3 is 10.5 Å². The second kappa shape index (κ2) is 8.37. The lowest BCUT2D eigenvalue weighted by Gasteiger charge is -2.29. The minimum atomic E-state index is 0.0411. The molecule has 0 amide bonds. The van der Waals surface area contributed by atoms with Crippen LogP contribution >= 0.6 is 0 Å². The predicted octanol–water partition coefficient (Wildman–Crippen LogP) is 4.15. The van der Waals surface area contributed by atoms with Gasteiger partial charge in [-0.15, -0.1) is 0 Å². The molecular formula is C24H29N3O2. The molecule has 1 aromatic heterocycles. The number of methoxy groups -OCH3 is 1. The molecule has 29 heavy (non-hydrogen) atoms. The summed E-state index contributed by atoms with van der Waals surface area (Å²) in [6.45, 7) is 3.42. The van der Waals surface area contributed by atoms with E-state index in [2.05, 4.69) is 0 Å². The summed E-state index contributed by atoms with van der Waals surface area (Å²) in [6.07, 6.45) is 4.59. The Morgan fingerprint density at radius 3 is 2.62 bits per heavy atom. The van der Waals surface area contributed by atoms with Crippen LogP contribution in [0.5, 0.6) is 5.75 Å². The van der Waals surface area contributed by atoms with Crippen LogP contribution < -0.4 is 16.0 Å². The molecule has 5 nitrogen and oxygen atoms in total. The van der Waals surface area contributed by atoms with Crippen LogP contribution in [0.1, 0.15) is 31.2 Å². The number of nitrogens with two attached hydrogens (primary N) is 1. The Kier molecular flexibility index (Phi) is 5.67. The van der Waals surface area contributed by atoms with Crippen molar-refractivity contribution in [3.05, 3.63) is 58.4 Å². The van der Waals surface area contributed by atoms with Gasteiger partial charge in [0, 0.05) is 12.1 Å². The van der Waals surface area contributed by atoms with Crippen molar-refractivity contribution in [3.8, 4) is 17.1 Å². The van der Waals surface area contributed by atoms with E-state index < -0.39 is 0 Å². The molecule has 0 radical (unpaired) electrons. The fourth-order valence-corrected chi connectivity index (χ4v) is 4.50. The number of benzene rings is 2. The molecular weight excluding hydrogens is 362 g/mol. The highest BCUT2D eigenvalue weighted by molar-refractivity contribution is 5.80. The molecule has 0 bridgehead atoms. The Morgan fingerprint density at radius 1 is 1.14 bits per heavy atom. The molecule has 0 saturated heterocycles. The first-order chi connectivity index (χ1) is 14.1. The largest absolute Gasteiger partial charge is 0.497 e. The zero-order valence-electron chi connectivity index (χ0n) is 17.2. The van der Waals surface area contributed by atoms with Gasteiger partial charge in [0.25, 0.3) is 5.56 Å². The van der Waals surface area contributed by atoms with E-state index in [4.69, 9.17) is 15.5 Å². The number of ether oxygens (including phenoxy) is 1. The molecule has 0 spiro atoms. The standard InChI is InChI=1S/C24H29N3O2/c1-16-6-11-22-21(12-16)24(28)27(15-18-5-3-4-17(13-18)14-25)23(26-22)19-7-9-20(29-2)10-8-19/h6-12,17-18H,3-5,13-15,25H2,1-2H3. The SMILES string of the molecule is COc1ccc(-c2nc3ccc(C)cc3c(=O)n2CC2CCCC(CN)C2)cc1. The molecule has 1 aliphatic carbocycles. The number of hydrogen-bond donors (Lipinski definition) is 1. The van der Waals surface area contributed by atoms with Crippen LogP contribution in [0.4, 0.5) is 0 Å². The summed E-state index contributed by atoms with van der Waals surface area (Å²) < 4.78 is 7.17. The normalized spacial score (nSPS) is 19.4. The van der Waals surface area contributed by atoms with E-state index in [0.29, 0.717) is 23.8 Å². The highest BCUT2D eigenvalue weighted by Gasteiger charge is 2.23. The first-order valence-corrected chi connectivity index (χ1v) is 10.4. The van der Waals surface area contributed by atoms with Crippen molar-refractivity contribution in [1.29, 1.82) is 0 Å². The molecule has 1 heterocycles. The van der Waals surface area contributed by atoms with Crippen molar-refractivity contribution in [3.63, 3.8) is 0 Å². The minimum Gasteiger partial charge on any atom is -0.497 e. The minimum absolute atomic E-state index is 0.0411. The van der Waals surface area contributed by atoms with E-state index in [1.165, 1.54) is 12.8 Å². The number of hydrogen-bond acceptors (Lipinski definition) is 4. The summed E-state index contributed by atoms with van der Waals surface area (Å²) in [5.41, 5.74) is 8.72. The Morgan fingerprint density at radius 2 is 1.90 bits per heavy atom. The summed E-state index contributed by atoms with van der Waals surface area (Å²) in [5.74, 6) is 2.53. The van der Waals surface area contributed by atoms with Gasteiger partial charge >= 0.3 is 0 Å². The third-order valence-electron chi connectivity index (χ3n) is 6.12. The average Bonchev–Trinajstić information content (AvgIpc) is 2.76. The number of rotatable bonds is 5. The van der Waals surface area contributed by atoms with Gasteiger partial charge in [-0.05, 0) is 81.0 Å². The van der Waals surface area contributed by atoms with Crippen LogP contribution in [-0.2, 0) is 6.54 Å². The monoisotopic (exact) mass is 391 g/mol. The van der Waals surface area contributed by atoms with E-state index in [0.717, 1.165) is 47.6 Å². The molecule has 3 aromatic rings. The Bertz CT molecular complexity index is 1060. The van der Waals surface area contributed by atoms with E-state index >= 15 is 0 Å². The van der Waals surface area contributed by atoms with Gasteiger partial charge in [0.15, 0.2) is 0 Å². The molecule has 5 heteroatoms. The highest BCUT2D eigenvalue weighted by atomic mass is 16.5. The van der Waals surface area contributed by atoms with Gasteiger partial charge in [0.05, 0.1) is 18.0 Å². The van der Waals surface area contributed by atoms with E-state index in [1.807, 2.05) is 54.0 Å². The molecule has 0 aliphatic heterocycles. The van der Waals surface area contributed by atoms with Crippen molar-refractivity contribution in [2.45, 2.75) is 39.2 Å². The van der Waals surface area contributed by atoms with E-state index in [-0.39, 0.29) is 5.56 Å². The summed E-state index contributed by atoms with van der Waals surface area (Å²) in [7, 11) is 1.65. The second-order valence-electron chi connectivity index (χ2n) is 8.23. The number of aromatic nitrogens is 2. The van der Waals surface area contributed by atoms with Gasteiger partial charge in [0.2, 0.25) is 0 Å². The van der Waals surface area contributed by atoms with Crippen molar-refractivity contribution < 1.29 is 4.74 Å². The number of aryl methyl sites for hydroxylation is 1. The molecule has 2 unspecified atom stereocenters. The van der Waals surface area contributed by atoms with Crippen LogP contribution in [0.2, 0.25) is 0 Å². The van der Waals surface area contributed by atoms with Gasteiger partial charge in [-0.25, -0.2) is 4.98 Å². The average molecular weight is 392 g/mol. The third kappa shape index (κ3) is 4.06. The van der Waals surface area contributed by atoms with Crippen molar-refractivity contribution in [2.75, 3.05) is 13.7 Å². The van der Waals surface area contributed by atoms with Crippen molar-refractivity contribution in [2.24, 2.45) is 17.6 Å². The maximum Gasteiger partial charge on any atom is 0.261 e. The summed E-state index contributed by atoms with van der Waals surface area (Å²) >= 11 is 0. The van der Waals surface area contributed by atoms with Crippen molar-refractivity contribution in [1.82, 2.24) is 9.55 Å². The lowest BCUT2D eigenvalue weighted by Crippen LogP contribution is -2.30. The lowest BCUT2D eigenvalue weighted by molar-refractivity contribution is 0.246. The molecule has 1 saturated carbocycles. The van der Waals surface area contributed by atoms with Crippen LogP contribution in [0.15, 0.2) is 47.3 Å². The maximum absolute atomic E-state index is 13.5. The zero-order chi connectivity index (χ0) is 20.4. The van der Waals surface area contributed by atoms with Gasteiger partial charge in [-0.3, -0.25) is 9.36 Å². The first kappa shape index (κ1) is 19.6. The van der Waals surface area contributed by atoms with Crippen molar-refractivity contribution >= 4 is 10.9 Å². The van der Waals surface area contributed by atoms with E-state index in [1.54, 1.807) is 7.11 Å². The second-order valence-corrected chi connectivity index (χ2v) is 8.23. The Balaban J connectivity index is 1.82. The van der Waals surface area contributed by atoms with Gasteiger partial charge in [-0.2, -0.15) is 0 Å². The number of fused-ring (bicyclic) bond motifs is 1. The van der Waals surface area contributed by atoms with Gasteiger partial charge in [0.1, 0.15) is 11.6 Å². The quantitative estimate of drug-likeness (QED) is 0.709. The molecule has 1 aliphatic rings. The third-order valence-corrected chi connectivity index (χ3v) is 6.12. The summed E-state index contributed by atoms with van der Waals surface area (Å²) in [5, 5.41) is 0.688. The first-order valence-electron chi connectivity index (χ1n) is 10.4. The van der Waals surface area contributed by atoms with Crippen LogP contribution in [-0.4, -0.2) is 23.2 Å².